The van der Waals surface area contributed by atoms with Crippen molar-refractivity contribution >= 4 is 46.5 Å². The minimum atomic E-state index is 0. The van der Waals surface area contributed by atoms with E-state index in [4.69, 9.17) is 0 Å². The lowest BCUT2D eigenvalue weighted by atomic mass is 10.2. The molecule has 0 radical (unpaired) electrons. The maximum Gasteiger partial charge on any atom is 0.138 e. The molecule has 0 saturated carbocycles. The molecule has 3 rings (SSSR count). The van der Waals surface area contributed by atoms with Gasteiger partial charge in [-0.15, -0.1) is 12.4 Å². The minimum Gasteiger partial charge on any atom is -0.338 e. The van der Waals surface area contributed by atoms with Crippen LogP contribution in [0.5, 0.6) is 0 Å². The predicted molar refractivity (Wildman–Crippen MR) is 83.5 cm³/mol. The second kappa shape index (κ2) is 5.76. The second-order valence-electron chi connectivity index (χ2n) is 3.85. The van der Waals surface area contributed by atoms with E-state index in [1.54, 1.807) is 0 Å². The van der Waals surface area contributed by atoms with Crippen LogP contribution in [-0.4, -0.2) is 15.1 Å². The van der Waals surface area contributed by atoms with Gasteiger partial charge in [0, 0.05) is 5.56 Å². The molecule has 2 aromatic carbocycles. The van der Waals surface area contributed by atoms with E-state index in [1.165, 1.54) is 0 Å². The molecule has 1 aromatic heterocycles. The average molecular weight is 288 g/mol. The monoisotopic (exact) mass is 287 g/mol. The molecule has 0 aliphatic rings. The molecule has 3 aromatic rings. The number of aromatic nitrogens is 2. The summed E-state index contributed by atoms with van der Waals surface area (Å²) in [6.07, 6.45) is 0. The minimum absolute atomic E-state index is 0. The number of aliphatic imine (C=N–C) groups is 1. The quantitative estimate of drug-likeness (QED) is 0.561. The zero-order valence-corrected chi connectivity index (χ0v) is 11.5. The van der Waals surface area contributed by atoms with Crippen LogP contribution in [0, 0.1) is 0 Å². The third kappa shape index (κ3) is 2.71. The third-order valence-electron chi connectivity index (χ3n) is 2.70. The summed E-state index contributed by atoms with van der Waals surface area (Å²) in [4.78, 5) is 11.7. The molecular weight excluding hydrogens is 278 g/mol. The van der Waals surface area contributed by atoms with Gasteiger partial charge in [-0.3, -0.25) is 0 Å². The number of para-hydroxylation sites is 2. The third-order valence-corrected chi connectivity index (χ3v) is 2.80. The summed E-state index contributed by atoms with van der Waals surface area (Å²) in [7, 11) is 0. The average Bonchev–Trinajstić information content (AvgIpc) is 2.84. The van der Waals surface area contributed by atoms with E-state index in [2.05, 4.69) is 32.3 Å². The van der Waals surface area contributed by atoms with Crippen LogP contribution in [0.3, 0.4) is 0 Å². The van der Waals surface area contributed by atoms with Crippen molar-refractivity contribution in [3.8, 4) is 11.4 Å². The fraction of sp³-hybridized carbons (Fsp3) is 0. The molecule has 0 spiro atoms. The fourth-order valence-corrected chi connectivity index (χ4v) is 1.94. The molecule has 3 nitrogen and oxygen atoms in total. The van der Waals surface area contributed by atoms with Crippen LogP contribution in [0.4, 0.5) is 5.69 Å². The highest BCUT2D eigenvalue weighted by Gasteiger charge is 2.04. The van der Waals surface area contributed by atoms with Gasteiger partial charge in [-0.05, 0) is 48.6 Å². The number of thiocarbonyl (C=S) groups is 1. The number of nitrogens with one attached hydrogen (secondary N) is 1. The van der Waals surface area contributed by atoms with Crippen LogP contribution in [0.2, 0.25) is 0 Å². The number of benzene rings is 2. The maximum atomic E-state index is 4.57. The Bertz CT molecular complexity index is 710. The summed E-state index contributed by atoms with van der Waals surface area (Å²) in [6.45, 7) is 0. The Balaban J connectivity index is 0.00000133. The zero-order valence-electron chi connectivity index (χ0n) is 9.83. The number of nitrogens with zero attached hydrogens (tertiary/aromatic N) is 2. The molecule has 0 atom stereocenters. The summed E-state index contributed by atoms with van der Waals surface area (Å²) < 4.78 is 0. The first-order chi connectivity index (χ1) is 8.86. The number of hydrogen-bond acceptors (Lipinski definition) is 3. The van der Waals surface area contributed by atoms with Gasteiger partial charge in [0.2, 0.25) is 0 Å². The smallest absolute Gasteiger partial charge is 0.138 e. The number of rotatable bonds is 2. The second-order valence-corrected chi connectivity index (χ2v) is 4.04. The summed E-state index contributed by atoms with van der Waals surface area (Å²) in [5, 5.41) is 2.35. The van der Waals surface area contributed by atoms with Gasteiger partial charge < -0.3 is 4.98 Å². The molecule has 0 fully saturated rings. The highest BCUT2D eigenvalue weighted by Crippen LogP contribution is 2.22. The predicted octanol–water partition coefficient (Wildman–Crippen LogP) is 4.39. The van der Waals surface area contributed by atoms with Crippen LogP contribution in [-0.2, 0) is 0 Å². The first-order valence-corrected chi connectivity index (χ1v) is 5.91. The number of aromatic amines is 1. The van der Waals surface area contributed by atoms with Crippen molar-refractivity contribution in [2.75, 3.05) is 0 Å². The van der Waals surface area contributed by atoms with Crippen LogP contribution in [0.15, 0.2) is 53.5 Å². The molecule has 5 heteroatoms. The van der Waals surface area contributed by atoms with Crippen molar-refractivity contribution in [1.82, 2.24) is 9.97 Å². The SMILES string of the molecule is Cl.S=C=Nc1ccc(-c2nc3ccccc3[nH]2)cc1. The van der Waals surface area contributed by atoms with Crippen LogP contribution in [0.1, 0.15) is 0 Å². The van der Waals surface area contributed by atoms with Gasteiger partial charge in [0.15, 0.2) is 0 Å². The zero-order chi connectivity index (χ0) is 12.4. The Hall–Kier alpha value is -2.00. The topological polar surface area (TPSA) is 41.0 Å². The van der Waals surface area contributed by atoms with E-state index in [9.17, 15) is 0 Å². The van der Waals surface area contributed by atoms with Gasteiger partial charge >= 0.3 is 0 Å². The normalized spacial score (nSPS) is 9.68. The van der Waals surface area contributed by atoms with Gasteiger partial charge in [0.1, 0.15) is 5.82 Å². The lowest BCUT2D eigenvalue weighted by Gasteiger charge is -1.96. The maximum absolute atomic E-state index is 4.57. The molecule has 1 N–H and O–H groups in total. The largest absolute Gasteiger partial charge is 0.338 e. The first-order valence-electron chi connectivity index (χ1n) is 5.50. The molecule has 94 valence electrons. The number of isothiocyanates is 1. The Morgan fingerprint density at radius 1 is 1.05 bits per heavy atom. The van der Waals surface area contributed by atoms with Crippen LogP contribution < -0.4 is 0 Å². The van der Waals surface area contributed by atoms with Crippen LogP contribution in [0.25, 0.3) is 22.4 Å². The summed E-state index contributed by atoms with van der Waals surface area (Å²) in [5.41, 5.74) is 3.82. The van der Waals surface area contributed by atoms with Crippen molar-refractivity contribution in [1.29, 1.82) is 0 Å². The Morgan fingerprint density at radius 3 is 2.47 bits per heavy atom. The summed E-state index contributed by atoms with van der Waals surface area (Å²) in [6, 6.07) is 15.7. The van der Waals surface area contributed by atoms with E-state index in [-0.39, 0.29) is 12.4 Å². The van der Waals surface area contributed by atoms with Gasteiger partial charge in [-0.25, -0.2) is 4.98 Å². The Morgan fingerprint density at radius 2 is 1.79 bits per heavy atom. The number of H-pyrrole nitrogens is 1. The Kier molecular flexibility index (Phi) is 4.07. The number of fused-ring (bicyclic) bond motifs is 1. The van der Waals surface area contributed by atoms with Gasteiger partial charge in [-0.2, -0.15) is 4.99 Å². The molecule has 1 heterocycles. The summed E-state index contributed by atoms with van der Waals surface area (Å²) in [5.74, 6) is 0.856. The molecule has 0 aliphatic carbocycles. The van der Waals surface area contributed by atoms with E-state index < -0.39 is 0 Å². The van der Waals surface area contributed by atoms with Crippen molar-refractivity contribution in [3.63, 3.8) is 0 Å². The number of hydrogen-bond donors (Lipinski definition) is 1. The standard InChI is InChI=1S/C14H9N3S.ClH/c18-9-15-11-7-5-10(6-8-11)14-16-12-3-1-2-4-13(12)17-14;/h1-8H,(H,16,17);1H. The van der Waals surface area contributed by atoms with Crippen molar-refractivity contribution in [2.24, 2.45) is 4.99 Å². The van der Waals surface area contributed by atoms with Gasteiger partial charge in [0.05, 0.1) is 21.9 Å². The Labute approximate surface area is 121 Å². The van der Waals surface area contributed by atoms with Crippen molar-refractivity contribution in [3.05, 3.63) is 48.5 Å². The summed E-state index contributed by atoms with van der Waals surface area (Å²) >= 11 is 4.57. The molecule has 0 amide bonds. The van der Waals surface area contributed by atoms with Crippen LogP contribution >= 0.6 is 24.6 Å². The molecule has 0 unspecified atom stereocenters. The lowest BCUT2D eigenvalue weighted by Crippen LogP contribution is -1.78. The molecule has 0 aliphatic heterocycles. The highest BCUT2D eigenvalue weighted by molar-refractivity contribution is 7.78. The first kappa shape index (κ1) is 13.4. The molecule has 19 heavy (non-hydrogen) atoms. The van der Waals surface area contributed by atoms with E-state index in [1.807, 2.05) is 48.5 Å². The molecule has 0 saturated heterocycles. The van der Waals surface area contributed by atoms with Crippen molar-refractivity contribution in [2.45, 2.75) is 0 Å². The molecule has 0 bridgehead atoms. The highest BCUT2D eigenvalue weighted by atomic mass is 35.5. The number of imidazole rings is 1. The van der Waals surface area contributed by atoms with Gasteiger partial charge in [-0.1, -0.05) is 12.1 Å². The van der Waals surface area contributed by atoms with E-state index in [0.29, 0.717) is 0 Å². The molecular formula is C14H10ClN3S. The van der Waals surface area contributed by atoms with Crippen molar-refractivity contribution < 1.29 is 0 Å². The van der Waals surface area contributed by atoms with E-state index in [0.717, 1.165) is 28.1 Å². The fourth-order valence-electron chi connectivity index (χ4n) is 1.84. The van der Waals surface area contributed by atoms with E-state index >= 15 is 0 Å². The van der Waals surface area contributed by atoms with Gasteiger partial charge in [0.25, 0.3) is 0 Å². The lowest BCUT2D eigenvalue weighted by molar-refractivity contribution is 1.33. The number of halogens is 1.